The second-order valence-corrected chi connectivity index (χ2v) is 4.77. The van der Waals surface area contributed by atoms with Crippen molar-refractivity contribution in [2.75, 3.05) is 14.2 Å². The lowest BCUT2D eigenvalue weighted by Gasteiger charge is -2.20. The van der Waals surface area contributed by atoms with E-state index in [-0.39, 0.29) is 0 Å². The lowest BCUT2D eigenvalue weighted by atomic mass is 9.86. The third kappa shape index (κ3) is 2.43. The van der Waals surface area contributed by atoms with Gasteiger partial charge < -0.3 is 9.47 Å². The second kappa shape index (κ2) is 5.77. The van der Waals surface area contributed by atoms with Crippen molar-refractivity contribution >= 4 is 0 Å². The molecular weight excluding hydrogens is 226 g/mol. The Labute approximate surface area is 108 Å². The SMILES string of the molecule is COc1ccc(OC)c([C@@H]2CCC[C@@H]2CC#N)c1. The maximum absolute atomic E-state index is 8.91. The number of rotatable bonds is 4. The van der Waals surface area contributed by atoms with Gasteiger partial charge in [0.2, 0.25) is 0 Å². The zero-order chi connectivity index (χ0) is 13.0. The highest BCUT2D eigenvalue weighted by Crippen LogP contribution is 2.45. The Kier molecular flexibility index (Phi) is 4.09. The molecule has 1 aromatic carbocycles. The van der Waals surface area contributed by atoms with Crippen LogP contribution in [0.5, 0.6) is 11.5 Å². The molecule has 2 rings (SSSR count). The van der Waals surface area contributed by atoms with Crippen LogP contribution in [0.1, 0.15) is 37.2 Å². The van der Waals surface area contributed by atoms with Crippen molar-refractivity contribution in [3.63, 3.8) is 0 Å². The van der Waals surface area contributed by atoms with E-state index in [1.807, 2.05) is 12.1 Å². The van der Waals surface area contributed by atoms with Gasteiger partial charge in [-0.15, -0.1) is 0 Å². The number of ether oxygens (including phenoxy) is 2. The van der Waals surface area contributed by atoms with Crippen LogP contribution >= 0.6 is 0 Å². The molecular formula is C15H19NO2. The summed E-state index contributed by atoms with van der Waals surface area (Å²) in [6, 6.07) is 8.23. The molecule has 2 atom stereocenters. The summed E-state index contributed by atoms with van der Waals surface area (Å²) in [6.45, 7) is 0. The first-order valence-corrected chi connectivity index (χ1v) is 6.39. The molecule has 1 aromatic rings. The van der Waals surface area contributed by atoms with E-state index in [0.717, 1.165) is 24.3 Å². The summed E-state index contributed by atoms with van der Waals surface area (Å²) in [4.78, 5) is 0. The minimum Gasteiger partial charge on any atom is -0.497 e. The topological polar surface area (TPSA) is 42.2 Å². The highest BCUT2D eigenvalue weighted by molar-refractivity contribution is 5.43. The number of benzene rings is 1. The summed E-state index contributed by atoms with van der Waals surface area (Å²) in [7, 11) is 3.37. The Morgan fingerprint density at radius 2 is 2.11 bits per heavy atom. The maximum atomic E-state index is 8.91. The first-order chi connectivity index (χ1) is 8.80. The van der Waals surface area contributed by atoms with Crippen molar-refractivity contribution in [2.24, 2.45) is 5.92 Å². The number of hydrogen-bond donors (Lipinski definition) is 0. The second-order valence-electron chi connectivity index (χ2n) is 4.77. The smallest absolute Gasteiger partial charge is 0.122 e. The lowest BCUT2D eigenvalue weighted by molar-refractivity contribution is 0.386. The Hall–Kier alpha value is -1.69. The van der Waals surface area contributed by atoms with Crippen LogP contribution in [0.15, 0.2) is 18.2 Å². The molecule has 0 N–H and O–H groups in total. The van der Waals surface area contributed by atoms with Gasteiger partial charge in [-0.3, -0.25) is 0 Å². The number of hydrogen-bond acceptors (Lipinski definition) is 3. The predicted octanol–water partition coefficient (Wildman–Crippen LogP) is 3.50. The molecule has 1 saturated carbocycles. The lowest BCUT2D eigenvalue weighted by Crippen LogP contribution is -2.07. The number of nitrogens with zero attached hydrogens (tertiary/aromatic N) is 1. The Bertz CT molecular complexity index is 450. The largest absolute Gasteiger partial charge is 0.497 e. The van der Waals surface area contributed by atoms with Gasteiger partial charge in [0.1, 0.15) is 11.5 Å². The van der Waals surface area contributed by atoms with E-state index < -0.39 is 0 Å². The van der Waals surface area contributed by atoms with Gasteiger partial charge in [-0.05, 0) is 42.9 Å². The molecule has 0 heterocycles. The average molecular weight is 245 g/mol. The van der Waals surface area contributed by atoms with Gasteiger partial charge in [0.05, 0.1) is 20.3 Å². The molecule has 96 valence electrons. The van der Waals surface area contributed by atoms with Crippen LogP contribution in [-0.4, -0.2) is 14.2 Å². The Morgan fingerprint density at radius 3 is 2.78 bits per heavy atom. The Morgan fingerprint density at radius 1 is 1.28 bits per heavy atom. The minimum absolute atomic E-state index is 0.426. The van der Waals surface area contributed by atoms with Crippen molar-refractivity contribution in [1.82, 2.24) is 0 Å². The molecule has 1 aliphatic rings. The van der Waals surface area contributed by atoms with E-state index in [0.29, 0.717) is 18.3 Å². The molecule has 3 nitrogen and oxygen atoms in total. The van der Waals surface area contributed by atoms with E-state index in [1.54, 1.807) is 14.2 Å². The summed E-state index contributed by atoms with van der Waals surface area (Å²) in [5.41, 5.74) is 1.19. The fourth-order valence-corrected chi connectivity index (χ4v) is 2.94. The summed E-state index contributed by atoms with van der Waals surface area (Å²) in [5.74, 6) is 2.64. The van der Waals surface area contributed by atoms with Crippen molar-refractivity contribution in [2.45, 2.75) is 31.6 Å². The zero-order valence-corrected chi connectivity index (χ0v) is 11.0. The highest BCUT2D eigenvalue weighted by atomic mass is 16.5. The van der Waals surface area contributed by atoms with E-state index in [2.05, 4.69) is 12.1 Å². The molecule has 0 aliphatic heterocycles. The summed E-state index contributed by atoms with van der Waals surface area (Å²) in [6.07, 6.45) is 4.09. The summed E-state index contributed by atoms with van der Waals surface area (Å²) in [5, 5.41) is 8.91. The third-order valence-electron chi connectivity index (χ3n) is 3.85. The van der Waals surface area contributed by atoms with Crippen molar-refractivity contribution in [1.29, 1.82) is 5.26 Å². The normalized spacial score (nSPS) is 22.5. The van der Waals surface area contributed by atoms with E-state index in [9.17, 15) is 0 Å². The molecule has 0 unspecified atom stereocenters. The first-order valence-electron chi connectivity index (χ1n) is 6.39. The third-order valence-corrected chi connectivity index (χ3v) is 3.85. The van der Waals surface area contributed by atoms with Gasteiger partial charge in [-0.25, -0.2) is 0 Å². The van der Waals surface area contributed by atoms with E-state index >= 15 is 0 Å². The van der Waals surface area contributed by atoms with Crippen molar-refractivity contribution in [3.05, 3.63) is 23.8 Å². The van der Waals surface area contributed by atoms with Crippen LogP contribution in [0.4, 0.5) is 0 Å². The van der Waals surface area contributed by atoms with Gasteiger partial charge in [0.25, 0.3) is 0 Å². The zero-order valence-electron chi connectivity index (χ0n) is 11.0. The first kappa shape index (κ1) is 12.8. The van der Waals surface area contributed by atoms with Gasteiger partial charge in [-0.2, -0.15) is 5.26 Å². The van der Waals surface area contributed by atoms with Gasteiger partial charge in [0, 0.05) is 12.0 Å². The van der Waals surface area contributed by atoms with Crippen LogP contribution in [-0.2, 0) is 0 Å². The highest BCUT2D eigenvalue weighted by Gasteiger charge is 2.30. The molecule has 0 radical (unpaired) electrons. The average Bonchev–Trinajstić information content (AvgIpc) is 2.86. The molecule has 0 aromatic heterocycles. The molecule has 0 spiro atoms. The fraction of sp³-hybridized carbons (Fsp3) is 0.533. The molecule has 0 saturated heterocycles. The maximum Gasteiger partial charge on any atom is 0.122 e. The molecule has 3 heteroatoms. The van der Waals surface area contributed by atoms with Crippen LogP contribution < -0.4 is 9.47 Å². The van der Waals surface area contributed by atoms with E-state index in [1.165, 1.54) is 12.0 Å². The quantitative estimate of drug-likeness (QED) is 0.815. The van der Waals surface area contributed by atoms with Crippen molar-refractivity contribution < 1.29 is 9.47 Å². The van der Waals surface area contributed by atoms with Crippen LogP contribution in [0, 0.1) is 17.2 Å². The minimum atomic E-state index is 0.426. The molecule has 0 bridgehead atoms. The standard InChI is InChI=1S/C15H19NO2/c1-17-12-6-7-15(18-2)14(10-12)13-5-3-4-11(13)8-9-16/h6-7,10-11,13H,3-5,8H2,1-2H3/t11-,13-/m1/s1. The molecule has 1 fully saturated rings. The van der Waals surface area contributed by atoms with Gasteiger partial charge in [-0.1, -0.05) is 6.42 Å². The predicted molar refractivity (Wildman–Crippen MR) is 69.9 cm³/mol. The van der Waals surface area contributed by atoms with Crippen LogP contribution in [0.25, 0.3) is 0 Å². The monoisotopic (exact) mass is 245 g/mol. The van der Waals surface area contributed by atoms with Crippen LogP contribution in [0.3, 0.4) is 0 Å². The summed E-state index contributed by atoms with van der Waals surface area (Å²) < 4.78 is 10.7. The van der Waals surface area contributed by atoms with E-state index in [4.69, 9.17) is 14.7 Å². The Balaban J connectivity index is 2.33. The molecule has 18 heavy (non-hydrogen) atoms. The van der Waals surface area contributed by atoms with Gasteiger partial charge in [0.15, 0.2) is 0 Å². The van der Waals surface area contributed by atoms with Crippen molar-refractivity contribution in [3.8, 4) is 17.6 Å². The molecule has 1 aliphatic carbocycles. The van der Waals surface area contributed by atoms with Gasteiger partial charge >= 0.3 is 0 Å². The number of nitriles is 1. The van der Waals surface area contributed by atoms with Crippen LogP contribution in [0.2, 0.25) is 0 Å². The summed E-state index contributed by atoms with van der Waals surface area (Å²) >= 11 is 0. The fourth-order valence-electron chi connectivity index (χ4n) is 2.94. The molecule has 0 amide bonds. The number of methoxy groups -OCH3 is 2.